The van der Waals surface area contributed by atoms with Crippen LogP contribution in [0.4, 0.5) is 0 Å². The monoisotopic (exact) mass is 331 g/mol. The predicted molar refractivity (Wildman–Crippen MR) is 89.9 cm³/mol. The molecule has 0 aromatic heterocycles. The van der Waals surface area contributed by atoms with Crippen LogP contribution < -0.4 is 5.32 Å². The Bertz CT molecular complexity index is 524. The van der Waals surface area contributed by atoms with Crippen LogP contribution in [0.15, 0.2) is 59.1 Å². The van der Waals surface area contributed by atoms with Gasteiger partial charge in [0, 0.05) is 16.6 Å². The average Bonchev–Trinajstić information content (AvgIpc) is 2.49. The minimum absolute atomic E-state index is 0.378. The Morgan fingerprint density at radius 2 is 1.65 bits per heavy atom. The molecule has 0 fully saturated rings. The van der Waals surface area contributed by atoms with Crippen molar-refractivity contribution in [2.45, 2.75) is 38.8 Å². The van der Waals surface area contributed by atoms with E-state index in [1.807, 2.05) is 0 Å². The largest absolute Gasteiger partial charge is 0.307 e. The number of halogens is 1. The summed E-state index contributed by atoms with van der Waals surface area (Å²) < 4.78 is 1.20. The van der Waals surface area contributed by atoms with Gasteiger partial charge in [0.1, 0.15) is 0 Å². The lowest BCUT2D eigenvalue weighted by Crippen LogP contribution is -2.32. The first kappa shape index (κ1) is 15.3. The fourth-order valence-electron chi connectivity index (χ4n) is 2.44. The molecule has 0 unspecified atom stereocenters. The van der Waals surface area contributed by atoms with Gasteiger partial charge in [0.15, 0.2) is 0 Å². The van der Waals surface area contributed by atoms with E-state index in [4.69, 9.17) is 0 Å². The first-order valence-corrected chi connectivity index (χ1v) is 8.04. The fourth-order valence-corrected chi connectivity index (χ4v) is 2.89. The molecular formula is C18H22BrN. The topological polar surface area (TPSA) is 12.0 Å². The molecule has 0 saturated carbocycles. The lowest BCUT2D eigenvalue weighted by molar-refractivity contribution is 0.439. The van der Waals surface area contributed by atoms with E-state index >= 15 is 0 Å². The van der Waals surface area contributed by atoms with Gasteiger partial charge < -0.3 is 5.32 Å². The van der Waals surface area contributed by atoms with Crippen LogP contribution >= 0.6 is 15.9 Å². The quantitative estimate of drug-likeness (QED) is 0.774. The van der Waals surface area contributed by atoms with Crippen molar-refractivity contribution in [1.29, 1.82) is 0 Å². The Morgan fingerprint density at radius 3 is 2.30 bits per heavy atom. The second kappa shape index (κ2) is 7.61. The van der Waals surface area contributed by atoms with Crippen molar-refractivity contribution in [3.63, 3.8) is 0 Å². The molecule has 1 nitrogen and oxygen atoms in total. The summed E-state index contributed by atoms with van der Waals surface area (Å²) in [6.07, 6.45) is 2.17. The maximum atomic E-state index is 3.74. The summed E-state index contributed by atoms with van der Waals surface area (Å²) >= 11 is 3.64. The smallest absolute Gasteiger partial charge is 0.0294 e. The average molecular weight is 332 g/mol. The molecule has 2 rings (SSSR count). The molecule has 0 amide bonds. The summed E-state index contributed by atoms with van der Waals surface area (Å²) in [6.45, 7) is 4.48. The first-order valence-electron chi connectivity index (χ1n) is 7.25. The molecule has 0 saturated heterocycles. The molecule has 106 valence electrons. The number of nitrogens with one attached hydrogen (secondary N) is 1. The third-order valence-corrected chi connectivity index (χ3v) is 4.48. The highest BCUT2D eigenvalue weighted by Crippen LogP contribution is 2.20. The molecule has 0 spiro atoms. The minimum atomic E-state index is 0.378. The zero-order valence-electron chi connectivity index (χ0n) is 12.1. The number of benzene rings is 2. The van der Waals surface area contributed by atoms with Crippen LogP contribution in [-0.2, 0) is 6.42 Å². The molecule has 20 heavy (non-hydrogen) atoms. The number of rotatable bonds is 6. The van der Waals surface area contributed by atoms with Gasteiger partial charge in [0.2, 0.25) is 0 Å². The van der Waals surface area contributed by atoms with Crippen molar-refractivity contribution in [3.8, 4) is 0 Å². The fraction of sp³-hybridized carbons (Fsp3) is 0.333. The Balaban J connectivity index is 2.01. The summed E-state index contributed by atoms with van der Waals surface area (Å²) in [6, 6.07) is 20.0. The van der Waals surface area contributed by atoms with Crippen molar-refractivity contribution in [1.82, 2.24) is 5.32 Å². The van der Waals surface area contributed by atoms with Crippen LogP contribution in [0.25, 0.3) is 0 Å². The highest BCUT2D eigenvalue weighted by atomic mass is 79.9. The zero-order valence-corrected chi connectivity index (χ0v) is 13.7. The van der Waals surface area contributed by atoms with Gasteiger partial charge in [-0.3, -0.25) is 0 Å². The molecule has 2 aromatic rings. The molecule has 0 radical (unpaired) electrons. The number of hydrogen-bond acceptors (Lipinski definition) is 1. The molecule has 1 N–H and O–H groups in total. The summed E-state index contributed by atoms with van der Waals surface area (Å²) in [5.74, 6) is 0. The van der Waals surface area contributed by atoms with E-state index in [0.29, 0.717) is 12.1 Å². The molecule has 0 aliphatic heterocycles. The van der Waals surface area contributed by atoms with Gasteiger partial charge in [-0.2, -0.15) is 0 Å². The summed E-state index contributed by atoms with van der Waals surface area (Å²) in [7, 11) is 0. The van der Waals surface area contributed by atoms with Gasteiger partial charge >= 0.3 is 0 Å². The maximum absolute atomic E-state index is 3.74. The van der Waals surface area contributed by atoms with E-state index in [1.54, 1.807) is 0 Å². The molecule has 0 heterocycles. The van der Waals surface area contributed by atoms with Crippen LogP contribution in [0.3, 0.4) is 0 Å². The molecule has 2 aromatic carbocycles. The molecule has 0 aliphatic carbocycles. The van der Waals surface area contributed by atoms with Crippen molar-refractivity contribution in [3.05, 3.63) is 70.2 Å². The van der Waals surface area contributed by atoms with Crippen molar-refractivity contribution < 1.29 is 0 Å². The zero-order chi connectivity index (χ0) is 14.4. The van der Waals surface area contributed by atoms with Crippen molar-refractivity contribution in [2.75, 3.05) is 0 Å². The Kier molecular flexibility index (Phi) is 5.81. The van der Waals surface area contributed by atoms with Crippen LogP contribution in [0, 0.1) is 0 Å². The Labute approximate surface area is 130 Å². The van der Waals surface area contributed by atoms with E-state index in [0.717, 1.165) is 12.8 Å². The van der Waals surface area contributed by atoms with E-state index in [9.17, 15) is 0 Å². The summed E-state index contributed by atoms with van der Waals surface area (Å²) in [5, 5.41) is 3.74. The maximum Gasteiger partial charge on any atom is 0.0294 e. The first-order chi connectivity index (χ1) is 9.70. The van der Waals surface area contributed by atoms with Crippen molar-refractivity contribution in [2.24, 2.45) is 0 Å². The highest BCUT2D eigenvalue weighted by molar-refractivity contribution is 9.10. The van der Waals surface area contributed by atoms with Gasteiger partial charge in [-0.15, -0.1) is 0 Å². The Morgan fingerprint density at radius 1 is 1.00 bits per heavy atom. The SMILES string of the molecule is CC[C@@H](Cc1ccccc1Br)N[C@H](C)c1ccccc1. The Hall–Kier alpha value is -1.12. The molecule has 0 aliphatic rings. The second-order valence-electron chi connectivity index (χ2n) is 5.20. The van der Waals surface area contributed by atoms with Gasteiger partial charge in [0.05, 0.1) is 0 Å². The van der Waals surface area contributed by atoms with Crippen LogP contribution in [0.2, 0.25) is 0 Å². The molecule has 2 heteroatoms. The lowest BCUT2D eigenvalue weighted by Gasteiger charge is -2.23. The molecule has 0 bridgehead atoms. The van der Waals surface area contributed by atoms with E-state index in [1.165, 1.54) is 15.6 Å². The second-order valence-corrected chi connectivity index (χ2v) is 6.05. The van der Waals surface area contributed by atoms with E-state index < -0.39 is 0 Å². The van der Waals surface area contributed by atoms with E-state index in [-0.39, 0.29) is 0 Å². The van der Waals surface area contributed by atoms with Gasteiger partial charge in [-0.25, -0.2) is 0 Å². The minimum Gasteiger partial charge on any atom is -0.307 e. The normalized spacial score (nSPS) is 13.9. The van der Waals surface area contributed by atoms with Crippen LogP contribution in [0.1, 0.15) is 37.4 Å². The number of hydrogen-bond donors (Lipinski definition) is 1. The standard InChI is InChI=1S/C18H22BrN/c1-3-17(13-16-11-7-8-12-18(16)19)20-14(2)15-9-5-4-6-10-15/h4-12,14,17,20H,3,13H2,1-2H3/t14-,17+/m1/s1. The van der Waals surface area contributed by atoms with Gasteiger partial charge in [0.25, 0.3) is 0 Å². The van der Waals surface area contributed by atoms with E-state index in [2.05, 4.69) is 89.7 Å². The van der Waals surface area contributed by atoms with Crippen molar-refractivity contribution >= 4 is 15.9 Å². The molecule has 2 atom stereocenters. The summed E-state index contributed by atoms with van der Waals surface area (Å²) in [4.78, 5) is 0. The highest BCUT2D eigenvalue weighted by Gasteiger charge is 2.13. The third-order valence-electron chi connectivity index (χ3n) is 3.70. The molecular weight excluding hydrogens is 310 g/mol. The van der Waals surface area contributed by atoms with Gasteiger partial charge in [-0.1, -0.05) is 71.4 Å². The third kappa shape index (κ3) is 4.19. The van der Waals surface area contributed by atoms with Crippen LogP contribution in [0.5, 0.6) is 0 Å². The predicted octanol–water partition coefficient (Wildman–Crippen LogP) is 5.12. The summed E-state index contributed by atoms with van der Waals surface area (Å²) in [5.41, 5.74) is 2.71. The lowest BCUT2D eigenvalue weighted by atomic mass is 10.0. The van der Waals surface area contributed by atoms with Crippen LogP contribution in [-0.4, -0.2) is 6.04 Å². The van der Waals surface area contributed by atoms with Gasteiger partial charge in [-0.05, 0) is 37.0 Å².